The molecule has 0 aliphatic heterocycles. The summed E-state index contributed by atoms with van der Waals surface area (Å²) in [7, 11) is 1.55. The summed E-state index contributed by atoms with van der Waals surface area (Å²) in [5.74, 6) is -0.0851. The van der Waals surface area contributed by atoms with Crippen molar-refractivity contribution in [1.82, 2.24) is 14.9 Å². The van der Waals surface area contributed by atoms with Crippen molar-refractivity contribution in [3.05, 3.63) is 50.7 Å². The van der Waals surface area contributed by atoms with Gasteiger partial charge in [-0.15, -0.1) is 0 Å². The molecule has 1 aromatic heterocycles. The van der Waals surface area contributed by atoms with Gasteiger partial charge in [0.05, 0.1) is 19.6 Å². The van der Waals surface area contributed by atoms with Crippen LogP contribution in [0.5, 0.6) is 5.75 Å². The number of carbonyl (C=O) groups is 2. The van der Waals surface area contributed by atoms with E-state index in [-0.39, 0.29) is 36.3 Å². The van der Waals surface area contributed by atoms with E-state index in [1.165, 1.54) is 16.4 Å². The zero-order chi connectivity index (χ0) is 25.4. The van der Waals surface area contributed by atoms with Gasteiger partial charge in [0.15, 0.2) is 5.69 Å². The molecule has 0 bridgehead atoms. The summed E-state index contributed by atoms with van der Waals surface area (Å²) >= 11 is 0. The lowest BCUT2D eigenvalue weighted by atomic mass is 10.0. The third-order valence-electron chi connectivity index (χ3n) is 5.34. The molecule has 10 nitrogen and oxygen atoms in total. The number of nitrogen functional groups attached to an aromatic ring is 1. The predicted molar refractivity (Wildman–Crippen MR) is 132 cm³/mol. The van der Waals surface area contributed by atoms with E-state index < -0.39 is 23.2 Å². The second-order valence-electron chi connectivity index (χ2n) is 8.63. The number of hydrogen-bond acceptors (Lipinski definition) is 6. The lowest BCUT2D eigenvalue weighted by molar-refractivity contribution is -0.121. The number of hydrogen-bond donors (Lipinski definition) is 3. The van der Waals surface area contributed by atoms with Gasteiger partial charge in [0.2, 0.25) is 11.8 Å². The van der Waals surface area contributed by atoms with Crippen LogP contribution in [0.3, 0.4) is 0 Å². The molecule has 4 N–H and O–H groups in total. The lowest BCUT2D eigenvalue weighted by Gasteiger charge is -2.28. The minimum Gasteiger partial charge on any atom is -0.497 e. The van der Waals surface area contributed by atoms with Crippen molar-refractivity contribution in [2.45, 2.75) is 59.5 Å². The molecule has 1 atom stereocenters. The molecule has 0 aliphatic carbocycles. The van der Waals surface area contributed by atoms with Crippen LogP contribution in [-0.4, -0.2) is 35.0 Å². The number of nitrogens with two attached hydrogens (primary N) is 1. The summed E-state index contributed by atoms with van der Waals surface area (Å²) < 4.78 is 6.47. The van der Waals surface area contributed by atoms with Gasteiger partial charge < -0.3 is 20.7 Å². The molecule has 0 saturated heterocycles. The number of aromatic nitrogens is 2. The summed E-state index contributed by atoms with van der Waals surface area (Å²) in [6.45, 7) is 7.71. The fourth-order valence-corrected chi connectivity index (χ4v) is 3.68. The molecule has 0 saturated carbocycles. The van der Waals surface area contributed by atoms with Gasteiger partial charge in [-0.05, 0) is 30.0 Å². The van der Waals surface area contributed by atoms with E-state index in [1.807, 2.05) is 20.8 Å². The first-order valence-electron chi connectivity index (χ1n) is 11.4. The summed E-state index contributed by atoms with van der Waals surface area (Å²) in [4.78, 5) is 54.1. The van der Waals surface area contributed by atoms with Gasteiger partial charge in [0.25, 0.3) is 5.56 Å². The molecule has 1 aromatic carbocycles. The highest BCUT2D eigenvalue weighted by atomic mass is 16.5. The monoisotopic (exact) mass is 473 g/mol. The van der Waals surface area contributed by atoms with Gasteiger partial charge in [0.1, 0.15) is 11.6 Å². The minimum absolute atomic E-state index is 0.0129. The number of H-pyrrole nitrogens is 1. The maximum absolute atomic E-state index is 13.5. The number of benzene rings is 1. The zero-order valence-corrected chi connectivity index (χ0v) is 20.5. The van der Waals surface area contributed by atoms with Crippen LogP contribution >= 0.6 is 0 Å². The van der Waals surface area contributed by atoms with Crippen molar-refractivity contribution in [3.63, 3.8) is 0 Å². The van der Waals surface area contributed by atoms with Gasteiger partial charge >= 0.3 is 5.69 Å². The predicted octanol–water partition coefficient (Wildman–Crippen LogP) is 2.18. The van der Waals surface area contributed by atoms with E-state index in [1.54, 1.807) is 31.4 Å². The van der Waals surface area contributed by atoms with Crippen LogP contribution in [0.1, 0.15) is 58.6 Å². The van der Waals surface area contributed by atoms with Crippen molar-refractivity contribution in [2.24, 2.45) is 5.92 Å². The maximum Gasteiger partial charge on any atom is 0.330 e. The Morgan fingerprint density at radius 3 is 2.38 bits per heavy atom. The lowest BCUT2D eigenvalue weighted by Crippen LogP contribution is -2.44. The SMILES string of the molecule is CCCCn1c(N)c(N(CC(C)C)C(=O)CC(NC(C)=O)c2ccc(OC)cc2)c(=O)[nH]c1=O. The largest absolute Gasteiger partial charge is 0.497 e. The van der Waals surface area contributed by atoms with Crippen molar-refractivity contribution >= 4 is 23.3 Å². The average molecular weight is 474 g/mol. The Bertz CT molecular complexity index is 1100. The molecule has 2 aromatic rings. The first-order chi connectivity index (χ1) is 16.1. The van der Waals surface area contributed by atoms with Gasteiger partial charge in [-0.1, -0.05) is 39.3 Å². The first kappa shape index (κ1) is 26.7. The number of unbranched alkanes of at least 4 members (excludes halogenated alkanes) is 1. The van der Waals surface area contributed by atoms with Crippen molar-refractivity contribution < 1.29 is 14.3 Å². The number of nitrogens with zero attached hydrogens (tertiary/aromatic N) is 2. The number of amides is 2. The molecular formula is C24H35N5O5. The Hall–Kier alpha value is -3.56. The second kappa shape index (κ2) is 12.1. The highest BCUT2D eigenvalue weighted by molar-refractivity contribution is 5.96. The van der Waals surface area contributed by atoms with E-state index in [9.17, 15) is 19.2 Å². The van der Waals surface area contributed by atoms with Crippen LogP contribution < -0.4 is 31.9 Å². The Morgan fingerprint density at radius 2 is 1.85 bits per heavy atom. The number of aromatic amines is 1. The smallest absolute Gasteiger partial charge is 0.330 e. The molecule has 186 valence electrons. The highest BCUT2D eigenvalue weighted by Gasteiger charge is 2.28. The van der Waals surface area contributed by atoms with Gasteiger partial charge in [-0.3, -0.25) is 23.9 Å². The summed E-state index contributed by atoms with van der Waals surface area (Å²) in [5, 5.41) is 2.80. The maximum atomic E-state index is 13.5. The van der Waals surface area contributed by atoms with Crippen molar-refractivity contribution in [3.8, 4) is 5.75 Å². The number of rotatable bonds is 11. The normalized spacial score (nSPS) is 11.8. The molecule has 2 amide bonds. The molecule has 10 heteroatoms. The van der Waals surface area contributed by atoms with E-state index in [0.717, 1.165) is 6.42 Å². The topological polar surface area (TPSA) is 140 Å². The number of carbonyl (C=O) groups excluding carboxylic acids is 2. The number of methoxy groups -OCH3 is 1. The van der Waals surface area contributed by atoms with E-state index in [0.29, 0.717) is 24.3 Å². The van der Waals surface area contributed by atoms with Crippen molar-refractivity contribution in [2.75, 3.05) is 24.3 Å². The number of nitrogens with one attached hydrogen (secondary N) is 2. The Labute approximate surface area is 199 Å². The molecule has 0 fully saturated rings. The average Bonchev–Trinajstić information content (AvgIpc) is 2.77. The van der Waals surface area contributed by atoms with Gasteiger partial charge in [-0.2, -0.15) is 0 Å². The number of ether oxygens (including phenoxy) is 1. The molecule has 34 heavy (non-hydrogen) atoms. The molecule has 1 heterocycles. The highest BCUT2D eigenvalue weighted by Crippen LogP contribution is 2.25. The molecule has 0 aliphatic rings. The molecule has 0 radical (unpaired) electrons. The van der Waals surface area contributed by atoms with Crippen LogP contribution in [0.15, 0.2) is 33.9 Å². The summed E-state index contributed by atoms with van der Waals surface area (Å²) in [6.07, 6.45) is 1.41. The third kappa shape index (κ3) is 6.72. The van der Waals surface area contributed by atoms with Crippen LogP contribution in [0.2, 0.25) is 0 Å². The fourth-order valence-electron chi connectivity index (χ4n) is 3.68. The quantitative estimate of drug-likeness (QED) is 0.457. The molecule has 1 unspecified atom stereocenters. The van der Waals surface area contributed by atoms with E-state index in [4.69, 9.17) is 10.5 Å². The Kier molecular flexibility index (Phi) is 9.47. The van der Waals surface area contributed by atoms with Crippen LogP contribution in [0.25, 0.3) is 0 Å². The minimum atomic E-state index is -0.718. The van der Waals surface area contributed by atoms with Gasteiger partial charge in [0, 0.05) is 20.0 Å². The van der Waals surface area contributed by atoms with E-state index in [2.05, 4.69) is 10.3 Å². The molecule has 2 rings (SSSR count). The third-order valence-corrected chi connectivity index (χ3v) is 5.34. The first-order valence-corrected chi connectivity index (χ1v) is 11.4. The fraction of sp³-hybridized carbons (Fsp3) is 0.500. The Morgan fingerprint density at radius 1 is 1.21 bits per heavy atom. The molecular weight excluding hydrogens is 438 g/mol. The second-order valence-corrected chi connectivity index (χ2v) is 8.63. The van der Waals surface area contributed by atoms with Crippen LogP contribution in [0.4, 0.5) is 11.5 Å². The Balaban J connectivity index is 2.49. The standard InChI is InChI=1S/C24H35N5O5/c1-6-7-12-28-22(25)21(23(32)27-24(28)33)29(14-15(2)3)20(31)13-19(26-16(4)30)17-8-10-18(34-5)11-9-17/h8-11,15,19H,6-7,12-14,25H2,1-5H3,(H,26,30)(H,27,32,33). The van der Waals surface area contributed by atoms with Crippen molar-refractivity contribution in [1.29, 1.82) is 0 Å². The summed E-state index contributed by atoms with van der Waals surface area (Å²) in [6, 6.07) is 6.40. The molecule has 0 spiro atoms. The van der Waals surface area contributed by atoms with Crippen LogP contribution in [0, 0.1) is 5.92 Å². The van der Waals surface area contributed by atoms with Gasteiger partial charge in [-0.25, -0.2) is 4.79 Å². The van der Waals surface area contributed by atoms with E-state index >= 15 is 0 Å². The summed E-state index contributed by atoms with van der Waals surface area (Å²) in [5.41, 5.74) is 5.60. The number of anilines is 2. The van der Waals surface area contributed by atoms with Crippen LogP contribution in [-0.2, 0) is 16.1 Å². The zero-order valence-electron chi connectivity index (χ0n) is 20.5.